The Morgan fingerprint density at radius 2 is 1.67 bits per heavy atom. The Hall–Kier alpha value is -2.75. The molecule has 1 aromatic heterocycles. The lowest BCUT2D eigenvalue weighted by Crippen LogP contribution is -2.17. The average Bonchev–Trinajstić information content (AvgIpc) is 2.38. The van der Waals surface area contributed by atoms with E-state index in [9.17, 15) is 13.2 Å². The zero-order valence-corrected chi connectivity index (χ0v) is 10.5. The molecule has 0 aliphatic carbocycles. The molecule has 0 radical (unpaired) electrons. The van der Waals surface area contributed by atoms with E-state index >= 15 is 0 Å². The zero-order valence-electron chi connectivity index (χ0n) is 10.5. The summed E-state index contributed by atoms with van der Waals surface area (Å²) in [6.07, 6.45) is -4.72. The summed E-state index contributed by atoms with van der Waals surface area (Å²) < 4.78 is 39.8. The maximum absolute atomic E-state index is 12.0. The molecule has 10 heteroatoms. The Morgan fingerprint density at radius 3 is 2.24 bits per heavy atom. The smallest absolute Gasteiger partial charge is 0.406 e. The van der Waals surface area contributed by atoms with Gasteiger partial charge in [-0.15, -0.1) is 13.2 Å². The van der Waals surface area contributed by atoms with E-state index in [-0.39, 0.29) is 11.7 Å². The molecule has 0 unspecified atom stereocenters. The van der Waals surface area contributed by atoms with Gasteiger partial charge in [-0.3, -0.25) is 0 Å². The molecule has 0 saturated heterocycles. The fourth-order valence-electron chi connectivity index (χ4n) is 1.49. The molecule has 0 amide bonds. The summed E-state index contributed by atoms with van der Waals surface area (Å²) in [5.41, 5.74) is 8.28. The van der Waals surface area contributed by atoms with Crippen molar-refractivity contribution in [2.75, 3.05) is 16.5 Å². The van der Waals surface area contributed by atoms with Gasteiger partial charge in [0, 0.05) is 11.8 Å². The standard InChI is InChI=1S/C11H11F3N6O/c12-11(13,14)21-7-3-1-6(2-4-7)17-8-5-9(20-16)19-10(15)18-8/h1-5H,16H2,(H4,15,17,18,19,20). The second-order valence-corrected chi connectivity index (χ2v) is 3.84. The van der Waals surface area contributed by atoms with Crippen LogP contribution in [-0.2, 0) is 0 Å². The molecule has 0 aliphatic heterocycles. The van der Waals surface area contributed by atoms with E-state index in [1.165, 1.54) is 30.3 Å². The first-order valence-corrected chi connectivity index (χ1v) is 5.60. The molecule has 6 N–H and O–H groups in total. The first kappa shape index (κ1) is 14.7. The van der Waals surface area contributed by atoms with Crippen LogP contribution in [0.25, 0.3) is 0 Å². The van der Waals surface area contributed by atoms with Gasteiger partial charge in [0.25, 0.3) is 0 Å². The summed E-state index contributed by atoms with van der Waals surface area (Å²) in [5, 5.41) is 2.85. The van der Waals surface area contributed by atoms with Gasteiger partial charge in [-0.05, 0) is 24.3 Å². The number of hydrogen-bond acceptors (Lipinski definition) is 7. The van der Waals surface area contributed by atoms with E-state index in [0.717, 1.165) is 0 Å². The van der Waals surface area contributed by atoms with Crippen LogP contribution in [0.2, 0.25) is 0 Å². The SMILES string of the molecule is NNc1cc(Nc2ccc(OC(F)(F)F)cc2)nc(N)n1. The molecule has 0 saturated carbocycles. The van der Waals surface area contributed by atoms with Crippen LogP contribution in [-0.4, -0.2) is 16.3 Å². The lowest BCUT2D eigenvalue weighted by atomic mass is 10.3. The third kappa shape index (κ3) is 4.38. The van der Waals surface area contributed by atoms with Crippen LogP contribution in [0.1, 0.15) is 0 Å². The number of nitrogens with zero attached hydrogens (tertiary/aromatic N) is 2. The van der Waals surface area contributed by atoms with Crippen molar-refractivity contribution in [3.8, 4) is 5.75 Å². The second-order valence-electron chi connectivity index (χ2n) is 3.84. The van der Waals surface area contributed by atoms with Crippen molar-refractivity contribution in [2.45, 2.75) is 6.36 Å². The van der Waals surface area contributed by atoms with Crippen LogP contribution < -0.4 is 27.1 Å². The molecule has 7 nitrogen and oxygen atoms in total. The van der Waals surface area contributed by atoms with Gasteiger partial charge in [0.05, 0.1) is 0 Å². The van der Waals surface area contributed by atoms with Gasteiger partial charge in [-0.1, -0.05) is 0 Å². The van der Waals surface area contributed by atoms with E-state index in [1.807, 2.05) is 0 Å². The van der Waals surface area contributed by atoms with Crippen molar-refractivity contribution >= 4 is 23.3 Å². The minimum atomic E-state index is -4.72. The maximum Gasteiger partial charge on any atom is 0.573 e. The summed E-state index contributed by atoms with van der Waals surface area (Å²) in [6.45, 7) is 0. The predicted octanol–water partition coefficient (Wildman–Crippen LogP) is 1.99. The van der Waals surface area contributed by atoms with E-state index in [1.54, 1.807) is 0 Å². The summed E-state index contributed by atoms with van der Waals surface area (Å²) in [4.78, 5) is 7.70. The molecule has 2 rings (SSSR count). The summed E-state index contributed by atoms with van der Waals surface area (Å²) in [7, 11) is 0. The number of ether oxygens (including phenoxy) is 1. The minimum absolute atomic E-state index is 0.00928. The maximum atomic E-state index is 12.0. The number of aromatic nitrogens is 2. The van der Waals surface area contributed by atoms with Crippen LogP contribution in [0.3, 0.4) is 0 Å². The Kier molecular flexibility index (Phi) is 3.98. The number of rotatable bonds is 4. The third-order valence-corrected chi connectivity index (χ3v) is 2.25. The number of hydrazine groups is 1. The van der Waals surface area contributed by atoms with Crippen LogP contribution in [0.4, 0.5) is 36.4 Å². The van der Waals surface area contributed by atoms with Crippen molar-refractivity contribution in [3.05, 3.63) is 30.3 Å². The first-order chi connectivity index (χ1) is 9.85. The third-order valence-electron chi connectivity index (χ3n) is 2.25. The van der Waals surface area contributed by atoms with Gasteiger partial charge in [-0.25, -0.2) is 5.84 Å². The zero-order chi connectivity index (χ0) is 15.5. The predicted molar refractivity (Wildman–Crippen MR) is 70.7 cm³/mol. The molecule has 0 aliphatic rings. The van der Waals surface area contributed by atoms with Gasteiger partial charge in [0.1, 0.15) is 17.4 Å². The van der Waals surface area contributed by atoms with Gasteiger partial charge in [0.15, 0.2) is 0 Å². The minimum Gasteiger partial charge on any atom is -0.406 e. The number of anilines is 4. The van der Waals surface area contributed by atoms with E-state index in [2.05, 4.69) is 25.4 Å². The topological polar surface area (TPSA) is 111 Å². The molecular weight excluding hydrogens is 289 g/mol. The van der Waals surface area contributed by atoms with Crippen molar-refractivity contribution in [2.24, 2.45) is 5.84 Å². The van der Waals surface area contributed by atoms with Crippen LogP contribution >= 0.6 is 0 Å². The number of nitrogens with one attached hydrogen (secondary N) is 2. The number of alkyl halides is 3. The van der Waals surface area contributed by atoms with E-state index in [0.29, 0.717) is 17.3 Å². The highest BCUT2D eigenvalue weighted by Crippen LogP contribution is 2.25. The molecule has 0 bridgehead atoms. The number of nitrogen functional groups attached to an aromatic ring is 2. The molecule has 1 aromatic carbocycles. The Labute approximate surface area is 117 Å². The Balaban J connectivity index is 2.11. The van der Waals surface area contributed by atoms with E-state index < -0.39 is 6.36 Å². The molecule has 112 valence electrons. The van der Waals surface area contributed by atoms with Crippen LogP contribution in [0, 0.1) is 0 Å². The quantitative estimate of drug-likeness (QED) is 0.504. The van der Waals surface area contributed by atoms with E-state index in [4.69, 9.17) is 11.6 Å². The van der Waals surface area contributed by atoms with Crippen molar-refractivity contribution in [1.29, 1.82) is 0 Å². The van der Waals surface area contributed by atoms with Gasteiger partial charge >= 0.3 is 6.36 Å². The number of benzene rings is 1. The Bertz CT molecular complexity index is 616. The first-order valence-electron chi connectivity index (χ1n) is 5.60. The highest BCUT2D eigenvalue weighted by Gasteiger charge is 2.30. The molecule has 2 aromatic rings. The van der Waals surface area contributed by atoms with Gasteiger partial charge in [0.2, 0.25) is 5.95 Å². The van der Waals surface area contributed by atoms with Crippen molar-refractivity contribution in [3.63, 3.8) is 0 Å². The fraction of sp³-hybridized carbons (Fsp3) is 0.0909. The van der Waals surface area contributed by atoms with Gasteiger partial charge < -0.3 is 21.2 Å². The lowest BCUT2D eigenvalue weighted by molar-refractivity contribution is -0.274. The molecule has 1 heterocycles. The number of halogens is 3. The molecule has 0 atom stereocenters. The molecule has 21 heavy (non-hydrogen) atoms. The monoisotopic (exact) mass is 300 g/mol. The van der Waals surface area contributed by atoms with Gasteiger partial charge in [-0.2, -0.15) is 9.97 Å². The summed E-state index contributed by atoms with van der Waals surface area (Å²) >= 11 is 0. The number of hydrogen-bond donors (Lipinski definition) is 4. The fourth-order valence-corrected chi connectivity index (χ4v) is 1.49. The normalized spacial score (nSPS) is 11.0. The van der Waals surface area contributed by atoms with Crippen LogP contribution in [0.15, 0.2) is 30.3 Å². The highest BCUT2D eigenvalue weighted by atomic mass is 19.4. The van der Waals surface area contributed by atoms with Crippen molar-refractivity contribution < 1.29 is 17.9 Å². The largest absolute Gasteiger partial charge is 0.573 e. The number of nitrogens with two attached hydrogens (primary N) is 2. The summed E-state index contributed by atoms with van der Waals surface area (Å²) in [6, 6.07) is 6.62. The Morgan fingerprint density at radius 1 is 1.05 bits per heavy atom. The average molecular weight is 300 g/mol. The lowest BCUT2D eigenvalue weighted by Gasteiger charge is -2.10. The molecular formula is C11H11F3N6O. The van der Waals surface area contributed by atoms with Crippen molar-refractivity contribution in [1.82, 2.24) is 9.97 Å². The molecule has 0 spiro atoms. The highest BCUT2D eigenvalue weighted by molar-refractivity contribution is 5.61. The second kappa shape index (κ2) is 5.71. The molecule has 0 fully saturated rings. The van der Waals surface area contributed by atoms with Crippen LogP contribution in [0.5, 0.6) is 5.75 Å². The summed E-state index contributed by atoms with van der Waals surface area (Å²) in [5.74, 6) is 5.51.